The molecule has 3 atom stereocenters. The van der Waals surface area contributed by atoms with Gasteiger partial charge in [-0.25, -0.2) is 0 Å². The summed E-state index contributed by atoms with van der Waals surface area (Å²) < 4.78 is 0. The van der Waals surface area contributed by atoms with Crippen molar-refractivity contribution in [3.8, 4) is 0 Å². The maximum absolute atomic E-state index is 12.7. The monoisotopic (exact) mass is 286 g/mol. The summed E-state index contributed by atoms with van der Waals surface area (Å²) in [5.74, 6) is 1.28. The lowest BCUT2D eigenvalue weighted by Crippen LogP contribution is -2.30. The van der Waals surface area contributed by atoms with Crippen LogP contribution in [0, 0.1) is 17.3 Å². The van der Waals surface area contributed by atoms with Gasteiger partial charge in [0.1, 0.15) is 5.78 Å². The smallest absolute Gasteiger partial charge is 0.139 e. The van der Waals surface area contributed by atoms with Gasteiger partial charge in [-0.3, -0.25) is 4.79 Å². The molecule has 0 saturated heterocycles. The lowest BCUT2D eigenvalue weighted by molar-refractivity contribution is -0.126. The highest BCUT2D eigenvalue weighted by molar-refractivity contribution is 5.88. The van der Waals surface area contributed by atoms with Crippen LogP contribution in [0.5, 0.6) is 0 Å². The summed E-state index contributed by atoms with van der Waals surface area (Å²) in [6, 6.07) is 0. The first-order chi connectivity index (χ1) is 9.84. The highest BCUT2D eigenvalue weighted by atomic mass is 16.1. The summed E-state index contributed by atoms with van der Waals surface area (Å²) in [4.78, 5) is 12.7. The summed E-state index contributed by atoms with van der Waals surface area (Å²) in [5.41, 5.74) is 3.91. The Labute approximate surface area is 130 Å². The zero-order chi connectivity index (χ0) is 15.6. The number of carbonyl (C=O) groups is 1. The van der Waals surface area contributed by atoms with Crippen LogP contribution in [0.3, 0.4) is 0 Å². The molecule has 2 rings (SSSR count). The largest absolute Gasteiger partial charge is 0.299 e. The first kappa shape index (κ1) is 16.3. The van der Waals surface area contributed by atoms with Crippen LogP contribution < -0.4 is 0 Å². The minimum atomic E-state index is -0.185. The van der Waals surface area contributed by atoms with E-state index in [1.54, 1.807) is 0 Å². The number of Topliss-reactive ketones (excluding diaryl/α,β-unsaturated/α-hetero) is 1. The maximum atomic E-state index is 12.7. The molecule has 1 heteroatoms. The number of allylic oxidation sites excluding steroid dienone is 5. The van der Waals surface area contributed by atoms with Gasteiger partial charge in [0.2, 0.25) is 0 Å². The van der Waals surface area contributed by atoms with Crippen LogP contribution in [-0.4, -0.2) is 5.78 Å². The van der Waals surface area contributed by atoms with Gasteiger partial charge in [-0.2, -0.15) is 0 Å². The number of carbonyl (C=O) groups excluding carboxylic acids is 1. The predicted octanol–water partition coefficient (Wildman–Crippen LogP) is 5.63. The van der Waals surface area contributed by atoms with E-state index >= 15 is 0 Å². The van der Waals surface area contributed by atoms with Gasteiger partial charge in [0.05, 0.1) is 0 Å². The third-order valence-electron chi connectivity index (χ3n) is 5.74. The van der Waals surface area contributed by atoms with Gasteiger partial charge in [0, 0.05) is 11.8 Å². The number of rotatable bonds is 1. The molecule has 1 fully saturated rings. The lowest BCUT2D eigenvalue weighted by Gasteiger charge is -2.32. The Bertz CT molecular complexity index is 494. The molecule has 0 aromatic rings. The van der Waals surface area contributed by atoms with E-state index in [2.05, 4.69) is 46.4 Å². The first-order valence-corrected chi connectivity index (χ1v) is 8.34. The van der Waals surface area contributed by atoms with Crippen LogP contribution in [0.4, 0.5) is 0 Å². The molecule has 2 aliphatic rings. The van der Waals surface area contributed by atoms with Gasteiger partial charge < -0.3 is 0 Å². The van der Waals surface area contributed by atoms with Crippen LogP contribution in [-0.2, 0) is 4.79 Å². The second-order valence-electron chi connectivity index (χ2n) is 7.49. The van der Waals surface area contributed by atoms with Gasteiger partial charge in [-0.05, 0) is 64.7 Å². The summed E-state index contributed by atoms with van der Waals surface area (Å²) in [6.45, 7) is 12.9. The summed E-state index contributed by atoms with van der Waals surface area (Å²) in [7, 11) is 0. The van der Waals surface area contributed by atoms with Crippen LogP contribution in [0.2, 0.25) is 0 Å². The van der Waals surface area contributed by atoms with E-state index in [1.165, 1.54) is 16.7 Å². The second kappa shape index (κ2) is 6.34. The fraction of sp³-hybridized carbons (Fsp3) is 0.650. The Balaban J connectivity index is 2.36. The predicted molar refractivity (Wildman–Crippen MR) is 90.1 cm³/mol. The molecule has 1 nitrogen and oxygen atoms in total. The molecule has 0 unspecified atom stereocenters. The van der Waals surface area contributed by atoms with Crippen molar-refractivity contribution in [2.75, 3.05) is 0 Å². The van der Waals surface area contributed by atoms with E-state index < -0.39 is 0 Å². The molecule has 21 heavy (non-hydrogen) atoms. The number of hydrogen-bond acceptors (Lipinski definition) is 1. The van der Waals surface area contributed by atoms with E-state index in [0.717, 1.165) is 32.1 Å². The molecule has 0 heterocycles. The molecule has 0 bridgehead atoms. The van der Waals surface area contributed by atoms with Crippen molar-refractivity contribution in [3.05, 3.63) is 35.5 Å². The molecule has 0 radical (unpaired) electrons. The zero-order valence-electron chi connectivity index (χ0n) is 14.2. The molecule has 0 aromatic carbocycles. The molecule has 2 aliphatic carbocycles. The van der Waals surface area contributed by atoms with Crippen LogP contribution >= 0.6 is 0 Å². The Morgan fingerprint density at radius 1 is 1.24 bits per heavy atom. The Morgan fingerprint density at radius 3 is 2.57 bits per heavy atom. The standard InChI is InChI=1S/C20H30O/c1-14(2)17-13-19(21)20(5)12-11-16(4)8-6-7-15(3)9-10-18(17)20/h7,11,17-18H,1,6,8-10,12-13H2,2-5H3/b15-7+,16-11-/t17-,18+,20-/m1/s1. The fourth-order valence-corrected chi connectivity index (χ4v) is 4.05. The quantitative estimate of drug-likeness (QED) is 0.571. The molecular formula is C20H30O. The third kappa shape index (κ3) is 3.39. The van der Waals surface area contributed by atoms with Crippen molar-refractivity contribution in [2.24, 2.45) is 17.3 Å². The van der Waals surface area contributed by atoms with Crippen molar-refractivity contribution in [3.63, 3.8) is 0 Å². The molecule has 0 spiro atoms. The highest BCUT2D eigenvalue weighted by Gasteiger charge is 2.50. The zero-order valence-corrected chi connectivity index (χ0v) is 14.2. The van der Waals surface area contributed by atoms with Gasteiger partial charge >= 0.3 is 0 Å². The Hall–Kier alpha value is -1.11. The van der Waals surface area contributed by atoms with E-state index in [4.69, 9.17) is 0 Å². The first-order valence-electron chi connectivity index (χ1n) is 8.34. The molecule has 116 valence electrons. The summed E-state index contributed by atoms with van der Waals surface area (Å²) >= 11 is 0. The van der Waals surface area contributed by atoms with Crippen molar-refractivity contribution in [1.82, 2.24) is 0 Å². The van der Waals surface area contributed by atoms with Gasteiger partial charge in [-0.15, -0.1) is 0 Å². The number of fused-ring (bicyclic) bond motifs is 1. The molecule has 0 aromatic heterocycles. The third-order valence-corrected chi connectivity index (χ3v) is 5.74. The fourth-order valence-electron chi connectivity index (χ4n) is 4.05. The van der Waals surface area contributed by atoms with Crippen LogP contribution in [0.15, 0.2) is 35.5 Å². The average molecular weight is 286 g/mol. The molecule has 0 amide bonds. The van der Waals surface area contributed by atoms with E-state index in [9.17, 15) is 4.79 Å². The lowest BCUT2D eigenvalue weighted by atomic mass is 9.70. The van der Waals surface area contributed by atoms with Gasteiger partial charge in [0.25, 0.3) is 0 Å². The molecular weight excluding hydrogens is 256 g/mol. The van der Waals surface area contributed by atoms with Crippen molar-refractivity contribution >= 4 is 5.78 Å². The van der Waals surface area contributed by atoms with Crippen molar-refractivity contribution < 1.29 is 4.79 Å². The van der Waals surface area contributed by atoms with Crippen LogP contribution in [0.25, 0.3) is 0 Å². The van der Waals surface area contributed by atoms with Crippen molar-refractivity contribution in [2.45, 2.75) is 66.2 Å². The number of ketones is 1. The van der Waals surface area contributed by atoms with Crippen molar-refractivity contribution in [1.29, 1.82) is 0 Å². The van der Waals surface area contributed by atoms with Crippen LogP contribution in [0.1, 0.15) is 66.2 Å². The average Bonchev–Trinajstić information content (AvgIpc) is 2.65. The van der Waals surface area contributed by atoms with E-state index in [1.807, 2.05) is 0 Å². The normalized spacial score (nSPS) is 39.5. The van der Waals surface area contributed by atoms with E-state index in [0.29, 0.717) is 24.0 Å². The minimum Gasteiger partial charge on any atom is -0.299 e. The Kier molecular flexibility index (Phi) is 4.91. The molecule has 1 saturated carbocycles. The number of hydrogen-bond donors (Lipinski definition) is 0. The van der Waals surface area contributed by atoms with E-state index in [-0.39, 0.29) is 5.41 Å². The SMILES string of the molecule is C=C(C)[C@H]1CC(=O)[C@]2(C)C/C=C(/C)CC/C=C(\C)CC[C@@H]12. The Morgan fingerprint density at radius 2 is 1.90 bits per heavy atom. The maximum Gasteiger partial charge on any atom is 0.139 e. The van der Waals surface area contributed by atoms with Gasteiger partial charge in [0.15, 0.2) is 0 Å². The highest BCUT2D eigenvalue weighted by Crippen LogP contribution is 2.51. The van der Waals surface area contributed by atoms with Gasteiger partial charge in [-0.1, -0.05) is 42.4 Å². The molecule has 0 aliphatic heterocycles. The summed E-state index contributed by atoms with van der Waals surface area (Å²) in [6.07, 6.45) is 10.8. The molecule has 0 N–H and O–H groups in total. The summed E-state index contributed by atoms with van der Waals surface area (Å²) in [5, 5.41) is 0. The topological polar surface area (TPSA) is 17.1 Å². The second-order valence-corrected chi connectivity index (χ2v) is 7.49. The minimum absolute atomic E-state index is 0.185.